The monoisotopic (exact) mass is 478 g/mol. The van der Waals surface area contributed by atoms with E-state index in [1.807, 2.05) is 37.3 Å². The minimum atomic E-state index is -0.337. The van der Waals surface area contributed by atoms with Crippen molar-refractivity contribution in [3.8, 4) is 27.4 Å². The van der Waals surface area contributed by atoms with Gasteiger partial charge < -0.3 is 25.4 Å². The molecule has 0 spiro atoms. The first-order valence-electron chi connectivity index (χ1n) is 10.8. The van der Waals surface area contributed by atoms with Crippen LogP contribution in [0.3, 0.4) is 0 Å². The molecular weight excluding hydrogens is 452 g/mol. The highest BCUT2D eigenvalue weighted by atomic mass is 32.1. The summed E-state index contributed by atoms with van der Waals surface area (Å²) < 4.78 is 10.8. The molecule has 1 atom stereocenters. The normalized spacial score (nSPS) is 14.9. The van der Waals surface area contributed by atoms with Crippen molar-refractivity contribution < 1.29 is 19.1 Å². The number of aromatic nitrogens is 1. The van der Waals surface area contributed by atoms with E-state index in [2.05, 4.69) is 27.5 Å². The molecule has 8 nitrogen and oxygen atoms in total. The van der Waals surface area contributed by atoms with Crippen LogP contribution in [-0.2, 0) is 9.53 Å². The Morgan fingerprint density at radius 1 is 1.26 bits per heavy atom. The molecule has 34 heavy (non-hydrogen) atoms. The second-order valence-corrected chi connectivity index (χ2v) is 8.84. The Hall–Kier alpha value is -3.69. The standard InChI is InChI=1S/C25H26N4O4S/c1-4-23(30)29-19-11-16(5-6-21(19)33-10-9-32-3)18-12-17(7-8-26-18)22-13-20-24(34-22)25(31)28-15(2)14-27-20/h4-8,11-13,15,27H,1,9-10,14H2,2-3H3,(H,28,31)(H,29,30). The van der Waals surface area contributed by atoms with Crippen molar-refractivity contribution in [3.63, 3.8) is 0 Å². The maximum atomic E-state index is 12.5. The Morgan fingerprint density at radius 3 is 2.91 bits per heavy atom. The number of hydrogen-bond donors (Lipinski definition) is 3. The molecule has 9 heteroatoms. The topological polar surface area (TPSA) is 102 Å². The summed E-state index contributed by atoms with van der Waals surface area (Å²) in [4.78, 5) is 30.6. The van der Waals surface area contributed by atoms with Crippen LogP contribution >= 0.6 is 11.3 Å². The fourth-order valence-electron chi connectivity index (χ4n) is 3.51. The van der Waals surface area contributed by atoms with Gasteiger partial charge in [0.05, 0.1) is 23.7 Å². The molecule has 2 aromatic heterocycles. The number of rotatable bonds is 8. The number of pyridine rings is 1. The van der Waals surface area contributed by atoms with Crippen molar-refractivity contribution >= 4 is 34.5 Å². The molecule has 1 aliphatic rings. The fraction of sp³-hybridized carbons (Fsp3) is 0.240. The smallest absolute Gasteiger partial charge is 0.263 e. The molecule has 4 rings (SSSR count). The van der Waals surface area contributed by atoms with Gasteiger partial charge in [-0.3, -0.25) is 14.6 Å². The molecule has 3 N–H and O–H groups in total. The SMILES string of the molecule is C=CC(=O)Nc1cc(-c2cc(-c3cc4c(s3)C(=O)NC(C)CN4)ccn2)ccc1OCCOC. The van der Waals surface area contributed by atoms with E-state index in [0.29, 0.717) is 36.1 Å². The lowest BCUT2D eigenvalue weighted by atomic mass is 10.1. The predicted octanol–water partition coefficient (Wildman–Crippen LogP) is 4.17. The first-order valence-corrected chi connectivity index (χ1v) is 11.6. The molecule has 0 radical (unpaired) electrons. The van der Waals surface area contributed by atoms with Crippen LogP contribution in [0.2, 0.25) is 0 Å². The fourth-order valence-corrected chi connectivity index (χ4v) is 4.54. The number of carbonyl (C=O) groups excluding carboxylic acids is 2. The van der Waals surface area contributed by atoms with E-state index in [1.165, 1.54) is 17.4 Å². The molecule has 2 amide bonds. The van der Waals surface area contributed by atoms with E-state index >= 15 is 0 Å². The number of anilines is 2. The van der Waals surface area contributed by atoms with Crippen molar-refractivity contribution in [2.45, 2.75) is 13.0 Å². The lowest BCUT2D eigenvalue weighted by Gasteiger charge is -2.13. The van der Waals surface area contributed by atoms with Gasteiger partial charge in [0, 0.05) is 36.3 Å². The van der Waals surface area contributed by atoms with Crippen molar-refractivity contribution in [2.75, 3.05) is 37.5 Å². The summed E-state index contributed by atoms with van der Waals surface area (Å²) in [6.07, 6.45) is 2.94. The molecule has 176 valence electrons. The Morgan fingerprint density at radius 2 is 2.12 bits per heavy atom. The number of methoxy groups -OCH3 is 1. The number of amides is 2. The van der Waals surface area contributed by atoms with Crippen LogP contribution in [0.5, 0.6) is 5.75 Å². The molecule has 1 aliphatic heterocycles. The van der Waals surface area contributed by atoms with E-state index in [9.17, 15) is 9.59 Å². The average Bonchev–Trinajstić information content (AvgIpc) is 3.23. The zero-order valence-corrected chi connectivity index (χ0v) is 19.8. The van der Waals surface area contributed by atoms with Crippen molar-refractivity contribution in [1.29, 1.82) is 0 Å². The highest BCUT2D eigenvalue weighted by Gasteiger charge is 2.22. The van der Waals surface area contributed by atoms with Crippen LogP contribution < -0.4 is 20.7 Å². The Bertz CT molecular complexity index is 1220. The van der Waals surface area contributed by atoms with Crippen LogP contribution in [0.1, 0.15) is 16.6 Å². The second kappa shape index (κ2) is 10.5. The number of fused-ring (bicyclic) bond motifs is 1. The third-order valence-corrected chi connectivity index (χ3v) is 6.41. The zero-order chi connectivity index (χ0) is 24.1. The predicted molar refractivity (Wildman–Crippen MR) is 135 cm³/mol. The largest absolute Gasteiger partial charge is 0.489 e. The average molecular weight is 479 g/mol. The Labute approximate surface area is 202 Å². The molecular formula is C25H26N4O4S. The van der Waals surface area contributed by atoms with Crippen molar-refractivity contribution in [3.05, 3.63) is 60.1 Å². The number of nitrogens with one attached hydrogen (secondary N) is 3. The van der Waals surface area contributed by atoms with Gasteiger partial charge in [-0.1, -0.05) is 6.58 Å². The van der Waals surface area contributed by atoms with E-state index in [0.717, 1.165) is 27.4 Å². The van der Waals surface area contributed by atoms with Gasteiger partial charge in [0.2, 0.25) is 5.91 Å². The first kappa shape index (κ1) is 23.5. The van der Waals surface area contributed by atoms with Gasteiger partial charge in [0.15, 0.2) is 0 Å². The van der Waals surface area contributed by atoms with Crippen molar-refractivity contribution in [2.24, 2.45) is 0 Å². The number of hydrogen-bond acceptors (Lipinski definition) is 7. The lowest BCUT2D eigenvalue weighted by molar-refractivity contribution is -0.111. The molecule has 0 saturated carbocycles. The number of nitrogens with zero attached hydrogens (tertiary/aromatic N) is 1. The third-order valence-electron chi connectivity index (χ3n) is 5.22. The number of carbonyl (C=O) groups is 2. The third kappa shape index (κ3) is 5.27. The summed E-state index contributed by atoms with van der Waals surface area (Å²) in [6, 6.07) is 11.4. The number of thiophene rings is 1. The molecule has 3 aromatic rings. The highest BCUT2D eigenvalue weighted by molar-refractivity contribution is 7.18. The number of benzene rings is 1. The van der Waals surface area contributed by atoms with E-state index in [-0.39, 0.29) is 17.9 Å². The summed E-state index contributed by atoms with van der Waals surface area (Å²) >= 11 is 1.44. The molecule has 0 fully saturated rings. The minimum Gasteiger partial charge on any atom is -0.489 e. The summed E-state index contributed by atoms with van der Waals surface area (Å²) in [5, 5.41) is 9.12. The van der Waals surface area contributed by atoms with Crippen molar-refractivity contribution in [1.82, 2.24) is 10.3 Å². The molecule has 1 unspecified atom stereocenters. The number of ether oxygens (including phenoxy) is 2. The van der Waals surface area contributed by atoms with Crippen LogP contribution in [0.4, 0.5) is 11.4 Å². The Kier molecular flexibility index (Phi) is 7.24. The summed E-state index contributed by atoms with van der Waals surface area (Å²) in [5.74, 6) is 0.126. The van der Waals surface area contributed by atoms with Crippen LogP contribution in [0.15, 0.2) is 55.3 Å². The lowest BCUT2D eigenvalue weighted by Crippen LogP contribution is -2.34. The first-order chi connectivity index (χ1) is 16.5. The van der Waals surface area contributed by atoms with E-state index in [4.69, 9.17) is 9.47 Å². The molecule has 0 saturated heterocycles. The van der Waals surface area contributed by atoms with Gasteiger partial charge in [-0.2, -0.15) is 0 Å². The zero-order valence-electron chi connectivity index (χ0n) is 19.0. The van der Waals surface area contributed by atoms with Crippen LogP contribution in [0.25, 0.3) is 21.7 Å². The molecule has 1 aromatic carbocycles. The van der Waals surface area contributed by atoms with Gasteiger partial charge in [0.1, 0.15) is 17.2 Å². The van der Waals surface area contributed by atoms with Gasteiger partial charge in [-0.15, -0.1) is 11.3 Å². The Balaban J connectivity index is 1.65. The van der Waals surface area contributed by atoms with Gasteiger partial charge in [-0.25, -0.2) is 0 Å². The molecule has 0 bridgehead atoms. The quantitative estimate of drug-likeness (QED) is 0.332. The van der Waals surface area contributed by atoms with Gasteiger partial charge in [0.25, 0.3) is 5.91 Å². The van der Waals surface area contributed by atoms with E-state index < -0.39 is 0 Å². The van der Waals surface area contributed by atoms with Gasteiger partial charge >= 0.3 is 0 Å². The van der Waals surface area contributed by atoms with Crippen LogP contribution in [-0.4, -0.2) is 49.7 Å². The highest BCUT2D eigenvalue weighted by Crippen LogP contribution is 2.37. The summed E-state index contributed by atoms with van der Waals surface area (Å²) in [6.45, 7) is 6.94. The van der Waals surface area contributed by atoms with E-state index in [1.54, 1.807) is 19.4 Å². The summed E-state index contributed by atoms with van der Waals surface area (Å²) in [5.41, 5.74) is 3.84. The van der Waals surface area contributed by atoms with Gasteiger partial charge in [-0.05, 0) is 55.0 Å². The molecule has 3 heterocycles. The van der Waals surface area contributed by atoms with Crippen LogP contribution in [0, 0.1) is 0 Å². The second-order valence-electron chi connectivity index (χ2n) is 7.78. The minimum absolute atomic E-state index is 0.0651. The maximum Gasteiger partial charge on any atom is 0.263 e. The molecule has 0 aliphatic carbocycles. The summed E-state index contributed by atoms with van der Waals surface area (Å²) in [7, 11) is 1.60. The maximum absolute atomic E-state index is 12.5.